The van der Waals surface area contributed by atoms with Gasteiger partial charge in [0.25, 0.3) is 5.82 Å². The van der Waals surface area contributed by atoms with E-state index in [9.17, 15) is 0 Å². The lowest BCUT2D eigenvalue weighted by Crippen LogP contribution is -2.37. The van der Waals surface area contributed by atoms with E-state index in [1.54, 1.807) is 0 Å². The molecule has 1 N–H and O–H groups in total. The van der Waals surface area contributed by atoms with E-state index in [-0.39, 0.29) is 0 Å². The monoisotopic (exact) mass is 249 g/mol. The van der Waals surface area contributed by atoms with E-state index < -0.39 is 0 Å². The summed E-state index contributed by atoms with van der Waals surface area (Å²) in [5, 5.41) is 0. The zero-order valence-corrected chi connectivity index (χ0v) is 11.0. The molecule has 3 aromatic rings. The average molecular weight is 249 g/mol. The molecule has 19 heavy (non-hydrogen) atoms. The second kappa shape index (κ2) is 5.11. The molecule has 0 saturated heterocycles. The van der Waals surface area contributed by atoms with Gasteiger partial charge in [-0.2, -0.15) is 0 Å². The number of hydrogen-bond acceptors (Lipinski definition) is 0. The Morgan fingerprint density at radius 2 is 1.53 bits per heavy atom. The minimum atomic E-state index is 0.889. The molecule has 0 aliphatic heterocycles. The zero-order chi connectivity index (χ0) is 13.1. The Kier molecular flexibility index (Phi) is 3.15. The van der Waals surface area contributed by atoms with E-state index >= 15 is 0 Å². The van der Waals surface area contributed by atoms with Crippen molar-refractivity contribution in [2.75, 3.05) is 0 Å². The van der Waals surface area contributed by atoms with E-state index in [1.165, 1.54) is 16.8 Å². The van der Waals surface area contributed by atoms with Crippen molar-refractivity contribution in [1.82, 2.24) is 4.98 Å². The fourth-order valence-electron chi connectivity index (χ4n) is 2.31. The Labute approximate surface area is 113 Å². The van der Waals surface area contributed by atoms with E-state index in [0.29, 0.717) is 0 Å². The minimum absolute atomic E-state index is 0.889. The molecule has 0 spiro atoms. The maximum Gasteiger partial charge on any atom is 0.287 e. The highest BCUT2D eigenvalue weighted by atomic mass is 15.1. The molecule has 0 fully saturated rings. The quantitative estimate of drug-likeness (QED) is 0.687. The third kappa shape index (κ3) is 2.43. The molecule has 3 rings (SSSR count). The molecule has 2 aromatic carbocycles. The standard InChI is InChI=1S/C17H16N2/c1-14-12-18-17(16-10-6-3-7-11-16)19(14)13-15-8-4-2-5-9-15/h2-12H,13H2,1H3/p+1. The molecule has 1 heterocycles. The van der Waals surface area contributed by atoms with E-state index in [4.69, 9.17) is 0 Å². The Morgan fingerprint density at radius 1 is 0.895 bits per heavy atom. The van der Waals surface area contributed by atoms with Gasteiger partial charge in [-0.05, 0) is 17.7 Å². The van der Waals surface area contributed by atoms with Gasteiger partial charge in [0.05, 0.1) is 5.56 Å². The van der Waals surface area contributed by atoms with Crippen LogP contribution in [0.4, 0.5) is 0 Å². The van der Waals surface area contributed by atoms with Crippen LogP contribution in [0.3, 0.4) is 0 Å². The lowest BCUT2D eigenvalue weighted by atomic mass is 10.2. The van der Waals surface area contributed by atoms with Gasteiger partial charge in [-0.15, -0.1) is 0 Å². The van der Waals surface area contributed by atoms with E-state index in [0.717, 1.165) is 12.4 Å². The molecule has 0 radical (unpaired) electrons. The van der Waals surface area contributed by atoms with Gasteiger partial charge in [-0.3, -0.25) is 0 Å². The number of aromatic nitrogens is 2. The van der Waals surface area contributed by atoms with Crippen molar-refractivity contribution in [1.29, 1.82) is 0 Å². The highest BCUT2D eigenvalue weighted by Gasteiger charge is 2.16. The molecule has 0 atom stereocenters. The van der Waals surface area contributed by atoms with Crippen molar-refractivity contribution >= 4 is 0 Å². The Bertz CT molecular complexity index is 654. The molecule has 0 aliphatic carbocycles. The summed E-state index contributed by atoms with van der Waals surface area (Å²) in [6.45, 7) is 3.02. The van der Waals surface area contributed by atoms with Gasteiger partial charge in [-0.1, -0.05) is 48.5 Å². The molecule has 2 heteroatoms. The van der Waals surface area contributed by atoms with Crippen LogP contribution in [0, 0.1) is 6.92 Å². The Balaban J connectivity index is 2.00. The second-order valence-electron chi connectivity index (χ2n) is 4.72. The van der Waals surface area contributed by atoms with Crippen molar-refractivity contribution in [2.45, 2.75) is 13.5 Å². The average Bonchev–Trinajstić information content (AvgIpc) is 2.82. The summed E-state index contributed by atoms with van der Waals surface area (Å²) in [4.78, 5) is 3.37. The van der Waals surface area contributed by atoms with Crippen LogP contribution in [0.15, 0.2) is 66.9 Å². The molecular weight excluding hydrogens is 232 g/mol. The SMILES string of the molecule is Cc1c[nH]c(-c2ccccc2)[n+]1Cc1ccccc1. The number of nitrogens with one attached hydrogen (secondary N) is 1. The van der Waals surface area contributed by atoms with Crippen molar-refractivity contribution in [2.24, 2.45) is 0 Å². The summed E-state index contributed by atoms with van der Waals surface area (Å²) < 4.78 is 2.31. The van der Waals surface area contributed by atoms with Crippen molar-refractivity contribution < 1.29 is 4.57 Å². The van der Waals surface area contributed by atoms with E-state index in [1.807, 2.05) is 6.07 Å². The van der Waals surface area contributed by atoms with Gasteiger partial charge < -0.3 is 0 Å². The number of aromatic amines is 1. The van der Waals surface area contributed by atoms with E-state index in [2.05, 4.69) is 77.3 Å². The number of benzene rings is 2. The van der Waals surface area contributed by atoms with Crippen LogP contribution < -0.4 is 4.57 Å². The maximum absolute atomic E-state index is 3.37. The van der Waals surface area contributed by atoms with Gasteiger partial charge in [0, 0.05) is 6.92 Å². The fourth-order valence-corrected chi connectivity index (χ4v) is 2.31. The molecule has 1 aromatic heterocycles. The molecule has 0 aliphatic rings. The summed E-state index contributed by atoms with van der Waals surface area (Å²) in [5.41, 5.74) is 3.77. The van der Waals surface area contributed by atoms with Gasteiger partial charge in [0.2, 0.25) is 0 Å². The summed E-state index contributed by atoms with van der Waals surface area (Å²) in [5.74, 6) is 1.15. The molecular formula is C17H17N2+. The largest absolute Gasteiger partial charge is 0.287 e. The minimum Gasteiger partial charge on any atom is -0.243 e. The number of H-pyrrole nitrogens is 1. The molecule has 0 bridgehead atoms. The highest BCUT2D eigenvalue weighted by molar-refractivity contribution is 5.51. The van der Waals surface area contributed by atoms with Crippen LogP contribution in [-0.2, 0) is 6.54 Å². The number of hydrogen-bond donors (Lipinski definition) is 1. The van der Waals surface area contributed by atoms with Crippen LogP contribution in [-0.4, -0.2) is 4.98 Å². The topological polar surface area (TPSA) is 19.7 Å². The maximum atomic E-state index is 3.37. The first-order chi connectivity index (χ1) is 9.34. The zero-order valence-electron chi connectivity index (χ0n) is 11.0. The summed E-state index contributed by atoms with van der Waals surface area (Å²) in [6.07, 6.45) is 2.06. The van der Waals surface area contributed by atoms with Gasteiger partial charge in [0.1, 0.15) is 18.4 Å². The molecule has 94 valence electrons. The molecule has 2 nitrogen and oxygen atoms in total. The number of imidazole rings is 1. The number of rotatable bonds is 3. The predicted molar refractivity (Wildman–Crippen MR) is 76.7 cm³/mol. The molecule has 0 saturated carbocycles. The Hall–Kier alpha value is -2.35. The summed E-state index contributed by atoms with van der Waals surface area (Å²) in [7, 11) is 0. The summed E-state index contributed by atoms with van der Waals surface area (Å²) in [6, 6.07) is 21.0. The van der Waals surface area contributed by atoms with Crippen LogP contribution in [0.1, 0.15) is 11.3 Å². The third-order valence-electron chi connectivity index (χ3n) is 3.34. The van der Waals surface area contributed by atoms with Gasteiger partial charge >= 0.3 is 0 Å². The van der Waals surface area contributed by atoms with Crippen molar-refractivity contribution in [3.8, 4) is 11.4 Å². The molecule has 0 amide bonds. The van der Waals surface area contributed by atoms with Gasteiger partial charge in [-0.25, -0.2) is 9.55 Å². The lowest BCUT2D eigenvalue weighted by molar-refractivity contribution is -0.681. The van der Waals surface area contributed by atoms with Crippen LogP contribution in [0.2, 0.25) is 0 Å². The van der Waals surface area contributed by atoms with Crippen LogP contribution >= 0.6 is 0 Å². The first kappa shape index (κ1) is 11.7. The third-order valence-corrected chi connectivity index (χ3v) is 3.34. The smallest absolute Gasteiger partial charge is 0.243 e. The second-order valence-corrected chi connectivity index (χ2v) is 4.72. The summed E-state index contributed by atoms with van der Waals surface area (Å²) >= 11 is 0. The Morgan fingerprint density at radius 3 is 2.21 bits per heavy atom. The fraction of sp³-hybridized carbons (Fsp3) is 0.118. The first-order valence-electron chi connectivity index (χ1n) is 6.52. The van der Waals surface area contributed by atoms with Crippen LogP contribution in [0.5, 0.6) is 0 Å². The normalized spacial score (nSPS) is 10.6. The predicted octanol–water partition coefficient (Wildman–Crippen LogP) is 3.33. The van der Waals surface area contributed by atoms with Crippen molar-refractivity contribution in [3.05, 3.63) is 78.1 Å². The lowest BCUT2D eigenvalue weighted by Gasteiger charge is -2.03. The highest BCUT2D eigenvalue weighted by Crippen LogP contribution is 2.14. The first-order valence-corrected chi connectivity index (χ1v) is 6.52. The molecule has 0 unspecified atom stereocenters. The number of aryl methyl sites for hydroxylation is 1. The van der Waals surface area contributed by atoms with Gasteiger partial charge in [0.15, 0.2) is 0 Å². The van der Waals surface area contributed by atoms with Crippen LogP contribution in [0.25, 0.3) is 11.4 Å². The number of nitrogens with zero attached hydrogens (tertiary/aromatic N) is 1. The van der Waals surface area contributed by atoms with Crippen molar-refractivity contribution in [3.63, 3.8) is 0 Å².